The number of amides is 1. The van der Waals surface area contributed by atoms with Crippen LogP contribution in [-0.2, 0) is 14.3 Å². The molecule has 1 N–H and O–H groups in total. The molecular weight excluding hydrogens is 380 g/mol. The number of ether oxygens (including phenoxy) is 2. The van der Waals surface area contributed by atoms with E-state index in [9.17, 15) is 4.79 Å². The fourth-order valence-corrected chi connectivity index (χ4v) is 4.80. The Morgan fingerprint density at radius 1 is 0.967 bits per heavy atom. The first-order chi connectivity index (χ1) is 14.8. The molecule has 0 aromatic rings. The van der Waals surface area contributed by atoms with Crippen molar-refractivity contribution in [1.29, 1.82) is 0 Å². The maximum Gasteiger partial charge on any atom is 0.225 e. The Bertz CT molecular complexity index is 521. The van der Waals surface area contributed by atoms with Gasteiger partial charge in [0.2, 0.25) is 5.91 Å². The smallest absolute Gasteiger partial charge is 0.225 e. The summed E-state index contributed by atoms with van der Waals surface area (Å²) in [5.41, 5.74) is 0. The Morgan fingerprint density at radius 3 is 2.33 bits per heavy atom. The summed E-state index contributed by atoms with van der Waals surface area (Å²) < 4.78 is 11.4. The first-order valence-electron chi connectivity index (χ1n) is 12.2. The average Bonchev–Trinajstić information content (AvgIpc) is 3.08. The predicted octanol–water partition coefficient (Wildman–Crippen LogP) is 2.65. The van der Waals surface area contributed by atoms with Gasteiger partial charge >= 0.3 is 0 Å². The Morgan fingerprint density at radius 2 is 1.67 bits per heavy atom. The van der Waals surface area contributed by atoms with Gasteiger partial charge in [-0.15, -0.1) is 0 Å². The van der Waals surface area contributed by atoms with E-state index in [0.29, 0.717) is 25.2 Å². The van der Waals surface area contributed by atoms with E-state index in [1.165, 1.54) is 38.5 Å². The molecule has 172 valence electrons. The van der Waals surface area contributed by atoms with Gasteiger partial charge in [-0.3, -0.25) is 9.79 Å². The highest BCUT2D eigenvalue weighted by Gasteiger charge is 2.30. The zero-order valence-corrected chi connectivity index (χ0v) is 18.9. The van der Waals surface area contributed by atoms with Gasteiger partial charge in [-0.2, -0.15) is 0 Å². The van der Waals surface area contributed by atoms with Crippen molar-refractivity contribution >= 4 is 11.9 Å². The molecule has 0 aromatic heterocycles. The van der Waals surface area contributed by atoms with E-state index >= 15 is 0 Å². The molecule has 2 heterocycles. The number of likely N-dealkylation sites (tertiary alicyclic amines) is 1. The number of nitrogens with zero attached hydrogens (tertiary/aromatic N) is 3. The second-order valence-corrected chi connectivity index (χ2v) is 8.86. The minimum atomic E-state index is 0.151. The molecule has 0 aromatic carbocycles. The van der Waals surface area contributed by atoms with Gasteiger partial charge in [-0.25, -0.2) is 0 Å². The lowest BCUT2D eigenvalue weighted by atomic mass is 9.95. The van der Waals surface area contributed by atoms with Gasteiger partial charge in [0.15, 0.2) is 5.96 Å². The number of rotatable bonds is 7. The summed E-state index contributed by atoms with van der Waals surface area (Å²) in [4.78, 5) is 21.4. The number of nitrogens with one attached hydrogen (secondary N) is 1. The van der Waals surface area contributed by atoms with E-state index in [4.69, 9.17) is 9.47 Å². The van der Waals surface area contributed by atoms with E-state index in [0.717, 1.165) is 71.0 Å². The van der Waals surface area contributed by atoms with E-state index in [1.54, 1.807) is 0 Å². The monoisotopic (exact) mass is 422 g/mol. The lowest BCUT2D eigenvalue weighted by Crippen LogP contribution is -2.50. The molecule has 3 fully saturated rings. The summed E-state index contributed by atoms with van der Waals surface area (Å²) in [5, 5.41) is 3.50. The van der Waals surface area contributed by atoms with Crippen molar-refractivity contribution in [2.45, 2.75) is 70.3 Å². The van der Waals surface area contributed by atoms with Crippen molar-refractivity contribution in [3.8, 4) is 0 Å². The van der Waals surface area contributed by atoms with Gasteiger partial charge in [0.1, 0.15) is 0 Å². The number of carbonyl (C=O) groups is 1. The van der Waals surface area contributed by atoms with E-state index in [-0.39, 0.29) is 5.92 Å². The van der Waals surface area contributed by atoms with Crippen LogP contribution in [0.2, 0.25) is 0 Å². The molecule has 1 saturated carbocycles. The fraction of sp³-hybridized carbons (Fsp3) is 0.913. The number of hydrogen-bond acceptors (Lipinski definition) is 4. The van der Waals surface area contributed by atoms with Gasteiger partial charge in [0.05, 0.1) is 19.3 Å². The Balaban J connectivity index is 1.27. The number of hydrogen-bond donors (Lipinski definition) is 1. The van der Waals surface area contributed by atoms with Gasteiger partial charge in [-0.1, -0.05) is 25.7 Å². The molecule has 1 aliphatic carbocycles. The molecule has 1 amide bonds. The van der Waals surface area contributed by atoms with Crippen molar-refractivity contribution in [3.63, 3.8) is 0 Å². The number of aliphatic imine (C=N–C) groups is 1. The summed E-state index contributed by atoms with van der Waals surface area (Å²) in [5.74, 6) is 1.44. The normalized spacial score (nSPS) is 22.8. The molecule has 0 unspecified atom stereocenters. The third-order valence-electron chi connectivity index (χ3n) is 6.69. The molecular formula is C23H42N4O3. The summed E-state index contributed by atoms with van der Waals surface area (Å²) in [6.45, 7) is 6.42. The van der Waals surface area contributed by atoms with Gasteiger partial charge in [0, 0.05) is 52.3 Å². The zero-order valence-electron chi connectivity index (χ0n) is 18.9. The quantitative estimate of drug-likeness (QED) is 0.296. The van der Waals surface area contributed by atoms with Crippen LogP contribution in [0.15, 0.2) is 4.99 Å². The number of carbonyl (C=O) groups excluding carboxylic acids is 1. The van der Waals surface area contributed by atoms with Crippen LogP contribution in [0.3, 0.4) is 0 Å². The van der Waals surface area contributed by atoms with Crippen LogP contribution in [0.1, 0.15) is 64.2 Å². The minimum Gasteiger partial charge on any atom is -0.378 e. The van der Waals surface area contributed by atoms with Crippen LogP contribution in [-0.4, -0.2) is 87.4 Å². The highest BCUT2D eigenvalue weighted by atomic mass is 16.5. The van der Waals surface area contributed by atoms with Crippen LogP contribution >= 0.6 is 0 Å². The Kier molecular flexibility index (Phi) is 10.2. The topological polar surface area (TPSA) is 66.4 Å². The van der Waals surface area contributed by atoms with Crippen molar-refractivity contribution < 1.29 is 14.3 Å². The Hall–Kier alpha value is -1.34. The molecule has 30 heavy (non-hydrogen) atoms. The summed E-state index contributed by atoms with van der Waals surface area (Å²) >= 11 is 0. The third-order valence-corrected chi connectivity index (χ3v) is 6.69. The van der Waals surface area contributed by atoms with Crippen LogP contribution in [0.25, 0.3) is 0 Å². The second kappa shape index (κ2) is 13.2. The number of piperidine rings is 1. The molecule has 0 bridgehead atoms. The summed E-state index contributed by atoms with van der Waals surface area (Å²) in [7, 11) is 1.85. The maximum atomic E-state index is 12.7. The van der Waals surface area contributed by atoms with Crippen molar-refractivity contribution in [2.24, 2.45) is 10.9 Å². The lowest BCUT2D eigenvalue weighted by molar-refractivity contribution is -0.140. The highest BCUT2D eigenvalue weighted by molar-refractivity contribution is 5.81. The van der Waals surface area contributed by atoms with Crippen molar-refractivity contribution in [3.05, 3.63) is 0 Å². The van der Waals surface area contributed by atoms with E-state index in [2.05, 4.69) is 15.2 Å². The molecule has 0 atom stereocenters. The van der Waals surface area contributed by atoms with Gasteiger partial charge in [-0.05, 0) is 38.5 Å². The van der Waals surface area contributed by atoms with Crippen LogP contribution < -0.4 is 5.32 Å². The van der Waals surface area contributed by atoms with Crippen LogP contribution in [0, 0.1) is 5.92 Å². The van der Waals surface area contributed by atoms with Gasteiger partial charge < -0.3 is 24.6 Å². The lowest BCUT2D eigenvalue weighted by Gasteiger charge is -2.36. The largest absolute Gasteiger partial charge is 0.378 e. The van der Waals surface area contributed by atoms with Crippen molar-refractivity contribution in [1.82, 2.24) is 15.1 Å². The predicted molar refractivity (Wildman–Crippen MR) is 120 cm³/mol. The van der Waals surface area contributed by atoms with Crippen LogP contribution in [0.4, 0.5) is 0 Å². The maximum absolute atomic E-state index is 12.7. The molecule has 0 spiro atoms. The van der Waals surface area contributed by atoms with E-state index < -0.39 is 0 Å². The van der Waals surface area contributed by atoms with Crippen molar-refractivity contribution in [2.75, 3.05) is 59.6 Å². The highest BCUT2D eigenvalue weighted by Crippen LogP contribution is 2.21. The SMILES string of the molecule is CN=C(NCCCCOC1CCCCCC1)N1CCC(C(=O)N2CCOCC2)CC1. The Labute approximate surface area is 182 Å². The number of morpholine rings is 1. The summed E-state index contributed by atoms with van der Waals surface area (Å²) in [6, 6.07) is 0. The molecule has 2 saturated heterocycles. The zero-order chi connectivity index (χ0) is 21.0. The molecule has 7 nitrogen and oxygen atoms in total. The molecule has 2 aliphatic heterocycles. The molecule has 3 aliphatic rings. The second-order valence-electron chi connectivity index (χ2n) is 8.86. The first kappa shape index (κ1) is 23.3. The standard InChI is InChI=1S/C23H42N4O3/c1-24-23(25-12-6-7-17-30-21-8-4-2-3-5-9-21)27-13-10-20(11-14-27)22(28)26-15-18-29-19-16-26/h20-21H,2-19H2,1H3,(H,24,25). The minimum absolute atomic E-state index is 0.151. The number of unbranched alkanes of at least 4 members (excludes halogenated alkanes) is 1. The summed E-state index contributed by atoms with van der Waals surface area (Å²) in [6.07, 6.45) is 12.4. The molecule has 3 rings (SSSR count). The molecule has 0 radical (unpaired) electrons. The van der Waals surface area contributed by atoms with E-state index in [1.807, 2.05) is 11.9 Å². The first-order valence-corrected chi connectivity index (χ1v) is 12.2. The fourth-order valence-electron chi connectivity index (χ4n) is 4.80. The average molecular weight is 423 g/mol. The van der Waals surface area contributed by atoms with Gasteiger partial charge in [0.25, 0.3) is 0 Å². The van der Waals surface area contributed by atoms with Crippen LogP contribution in [0.5, 0.6) is 0 Å². The number of guanidine groups is 1. The third kappa shape index (κ3) is 7.41. The molecule has 7 heteroatoms.